The summed E-state index contributed by atoms with van der Waals surface area (Å²) in [6, 6.07) is 7.72. The molecule has 1 aliphatic carbocycles. The van der Waals surface area contributed by atoms with Crippen LogP contribution in [0.1, 0.15) is 52.4 Å². The predicted molar refractivity (Wildman–Crippen MR) is 106 cm³/mol. The number of non-ortho nitro benzene ring substituents is 1. The molecule has 150 valence electrons. The van der Waals surface area contributed by atoms with E-state index in [1.165, 1.54) is 46.0 Å². The van der Waals surface area contributed by atoms with Crippen molar-refractivity contribution in [3.05, 3.63) is 61.7 Å². The SMILES string of the molecule is C[C@@H]1CCc2sc(C(=O)O[C@@H](C)c3nnc(-c4ccc([N+](=O)[O-])cc4)o3)cc2C1. The molecule has 2 aromatic heterocycles. The summed E-state index contributed by atoms with van der Waals surface area (Å²) in [5.74, 6) is 0.607. The molecule has 1 aromatic carbocycles. The molecule has 2 heterocycles. The van der Waals surface area contributed by atoms with Crippen LogP contribution in [0.4, 0.5) is 5.69 Å². The van der Waals surface area contributed by atoms with E-state index in [1.807, 2.05) is 6.07 Å². The van der Waals surface area contributed by atoms with E-state index in [0.717, 1.165) is 19.3 Å². The molecule has 0 saturated heterocycles. The van der Waals surface area contributed by atoms with E-state index >= 15 is 0 Å². The Labute approximate surface area is 170 Å². The largest absolute Gasteiger partial charge is 0.448 e. The van der Waals surface area contributed by atoms with Crippen LogP contribution in [-0.4, -0.2) is 21.1 Å². The van der Waals surface area contributed by atoms with Crippen molar-refractivity contribution in [2.45, 2.75) is 39.2 Å². The number of ether oxygens (including phenoxy) is 1. The Morgan fingerprint density at radius 2 is 2.10 bits per heavy atom. The fraction of sp³-hybridized carbons (Fsp3) is 0.350. The number of benzene rings is 1. The molecule has 0 fully saturated rings. The van der Waals surface area contributed by atoms with Crippen LogP contribution in [0.5, 0.6) is 0 Å². The number of carbonyl (C=O) groups excluding carboxylic acids is 1. The number of nitro benzene ring substituents is 1. The van der Waals surface area contributed by atoms with Crippen molar-refractivity contribution < 1.29 is 18.9 Å². The summed E-state index contributed by atoms with van der Waals surface area (Å²) in [6.07, 6.45) is 2.44. The lowest BCUT2D eigenvalue weighted by Gasteiger charge is -2.16. The topological polar surface area (TPSA) is 108 Å². The van der Waals surface area contributed by atoms with Crippen molar-refractivity contribution in [2.24, 2.45) is 5.92 Å². The fourth-order valence-corrected chi connectivity index (χ4v) is 4.41. The molecule has 2 atom stereocenters. The monoisotopic (exact) mass is 413 g/mol. The first kappa shape index (κ1) is 19.3. The molecule has 29 heavy (non-hydrogen) atoms. The van der Waals surface area contributed by atoms with E-state index in [1.54, 1.807) is 6.92 Å². The Balaban J connectivity index is 1.44. The van der Waals surface area contributed by atoms with Gasteiger partial charge in [-0.1, -0.05) is 6.92 Å². The highest BCUT2D eigenvalue weighted by atomic mass is 32.1. The third-order valence-electron chi connectivity index (χ3n) is 4.93. The van der Waals surface area contributed by atoms with Gasteiger partial charge in [-0.3, -0.25) is 10.1 Å². The van der Waals surface area contributed by atoms with E-state index in [-0.39, 0.29) is 17.5 Å². The maximum atomic E-state index is 12.5. The second kappa shape index (κ2) is 7.75. The van der Waals surface area contributed by atoms with Gasteiger partial charge in [0.05, 0.1) is 4.92 Å². The first-order valence-corrected chi connectivity index (χ1v) is 10.1. The molecule has 0 aliphatic heterocycles. The number of aromatic nitrogens is 2. The van der Waals surface area contributed by atoms with Crippen molar-refractivity contribution in [1.29, 1.82) is 0 Å². The van der Waals surface area contributed by atoms with Crippen LogP contribution in [0.15, 0.2) is 34.7 Å². The molecule has 3 aromatic rings. The molecule has 0 saturated carbocycles. The van der Waals surface area contributed by atoms with Gasteiger partial charge in [-0.25, -0.2) is 4.79 Å². The molecule has 0 unspecified atom stereocenters. The summed E-state index contributed by atoms with van der Waals surface area (Å²) in [5.41, 5.74) is 1.77. The molecular formula is C20H19N3O5S. The lowest BCUT2D eigenvalue weighted by atomic mass is 9.90. The third-order valence-corrected chi connectivity index (χ3v) is 6.14. The standard InChI is InChI=1S/C20H19N3O5S/c1-11-3-8-16-14(9-11)10-17(29-16)20(24)27-12(2)18-21-22-19(28-18)13-4-6-15(7-5-13)23(25)26/h4-7,10-12H,3,8-9H2,1-2H3/t11-,12+/m1/s1. The van der Waals surface area contributed by atoms with Gasteiger partial charge in [0.15, 0.2) is 6.10 Å². The Bertz CT molecular complexity index is 1060. The van der Waals surface area contributed by atoms with Crippen LogP contribution in [0.25, 0.3) is 11.5 Å². The van der Waals surface area contributed by atoms with E-state index in [2.05, 4.69) is 17.1 Å². The zero-order chi connectivity index (χ0) is 20.5. The Morgan fingerprint density at radius 1 is 1.34 bits per heavy atom. The number of hydrogen-bond donors (Lipinski definition) is 0. The summed E-state index contributed by atoms with van der Waals surface area (Å²) >= 11 is 1.49. The number of hydrogen-bond acceptors (Lipinski definition) is 8. The number of aryl methyl sites for hydroxylation is 1. The molecule has 8 nitrogen and oxygen atoms in total. The van der Waals surface area contributed by atoms with Crippen LogP contribution < -0.4 is 0 Å². The molecule has 9 heteroatoms. The van der Waals surface area contributed by atoms with Gasteiger partial charge in [-0.15, -0.1) is 21.5 Å². The maximum Gasteiger partial charge on any atom is 0.349 e. The molecule has 0 spiro atoms. The van der Waals surface area contributed by atoms with Crippen LogP contribution in [0.3, 0.4) is 0 Å². The maximum absolute atomic E-state index is 12.5. The van der Waals surface area contributed by atoms with Gasteiger partial charge >= 0.3 is 5.97 Å². The summed E-state index contributed by atoms with van der Waals surface area (Å²) in [7, 11) is 0. The van der Waals surface area contributed by atoms with Crippen LogP contribution in [0, 0.1) is 16.0 Å². The highest BCUT2D eigenvalue weighted by Crippen LogP contribution is 2.33. The van der Waals surface area contributed by atoms with E-state index in [9.17, 15) is 14.9 Å². The minimum atomic E-state index is -0.708. The summed E-state index contributed by atoms with van der Waals surface area (Å²) in [4.78, 5) is 24.7. The van der Waals surface area contributed by atoms with Crippen LogP contribution in [-0.2, 0) is 17.6 Å². The Kier molecular flexibility index (Phi) is 5.14. The van der Waals surface area contributed by atoms with E-state index in [4.69, 9.17) is 9.15 Å². The van der Waals surface area contributed by atoms with Crippen molar-refractivity contribution in [3.8, 4) is 11.5 Å². The number of fused-ring (bicyclic) bond motifs is 1. The molecule has 1 aliphatic rings. The highest BCUT2D eigenvalue weighted by Gasteiger charge is 2.24. The quantitative estimate of drug-likeness (QED) is 0.337. The summed E-state index contributed by atoms with van der Waals surface area (Å²) in [6.45, 7) is 3.89. The lowest BCUT2D eigenvalue weighted by molar-refractivity contribution is -0.384. The zero-order valence-corrected chi connectivity index (χ0v) is 16.8. The average molecular weight is 413 g/mol. The first-order valence-electron chi connectivity index (χ1n) is 9.31. The summed E-state index contributed by atoms with van der Waals surface area (Å²) in [5, 5.41) is 18.6. The molecular weight excluding hydrogens is 394 g/mol. The number of nitrogens with zero attached hydrogens (tertiary/aromatic N) is 3. The van der Waals surface area contributed by atoms with Gasteiger partial charge in [0.25, 0.3) is 11.6 Å². The van der Waals surface area contributed by atoms with Gasteiger partial charge in [-0.2, -0.15) is 0 Å². The molecule has 4 rings (SSSR count). The van der Waals surface area contributed by atoms with Gasteiger partial charge < -0.3 is 9.15 Å². The molecule has 0 bridgehead atoms. The first-order chi connectivity index (χ1) is 13.9. The molecule has 0 amide bonds. The summed E-state index contributed by atoms with van der Waals surface area (Å²) < 4.78 is 11.1. The van der Waals surface area contributed by atoms with Gasteiger partial charge in [-0.05, 0) is 55.9 Å². The van der Waals surface area contributed by atoms with Crippen molar-refractivity contribution in [2.75, 3.05) is 0 Å². The van der Waals surface area contributed by atoms with Crippen molar-refractivity contribution >= 4 is 23.0 Å². The molecule has 0 radical (unpaired) electrons. The fourth-order valence-electron chi connectivity index (χ4n) is 3.32. The van der Waals surface area contributed by atoms with Gasteiger partial charge in [0.1, 0.15) is 4.88 Å². The second-order valence-corrected chi connectivity index (χ2v) is 8.34. The average Bonchev–Trinajstić information content (AvgIpc) is 3.35. The number of rotatable bonds is 5. The number of thiophene rings is 1. The van der Waals surface area contributed by atoms with Gasteiger partial charge in [0.2, 0.25) is 5.89 Å². The van der Waals surface area contributed by atoms with Crippen LogP contribution in [0.2, 0.25) is 0 Å². The molecule has 0 N–H and O–H groups in total. The zero-order valence-electron chi connectivity index (χ0n) is 16.0. The number of nitro groups is 1. The number of carbonyl (C=O) groups is 1. The smallest absolute Gasteiger partial charge is 0.349 e. The Morgan fingerprint density at radius 3 is 2.83 bits per heavy atom. The highest BCUT2D eigenvalue weighted by molar-refractivity contribution is 7.14. The lowest BCUT2D eigenvalue weighted by Crippen LogP contribution is -2.08. The van der Waals surface area contributed by atoms with Gasteiger partial charge in [0, 0.05) is 22.6 Å². The number of esters is 1. The Hall–Kier alpha value is -3.07. The minimum Gasteiger partial charge on any atom is -0.448 e. The van der Waals surface area contributed by atoms with E-state index in [0.29, 0.717) is 16.4 Å². The predicted octanol–water partition coefficient (Wildman–Crippen LogP) is 4.75. The normalized spacial score (nSPS) is 16.8. The van der Waals surface area contributed by atoms with E-state index < -0.39 is 17.0 Å². The minimum absolute atomic E-state index is 0.0242. The van der Waals surface area contributed by atoms with Crippen molar-refractivity contribution in [1.82, 2.24) is 10.2 Å². The second-order valence-electron chi connectivity index (χ2n) is 7.20. The third kappa shape index (κ3) is 4.04. The van der Waals surface area contributed by atoms with Crippen molar-refractivity contribution in [3.63, 3.8) is 0 Å². The van der Waals surface area contributed by atoms with Crippen LogP contribution >= 0.6 is 11.3 Å².